The van der Waals surface area contributed by atoms with Gasteiger partial charge in [0, 0.05) is 0 Å². The average molecular weight is 773 g/mol. The number of aryl methyl sites for hydroxylation is 2. The second-order valence-corrected chi connectivity index (χ2v) is 16.8. The van der Waals surface area contributed by atoms with Crippen molar-refractivity contribution >= 4 is 11.4 Å². The fourth-order valence-corrected chi connectivity index (χ4v) is 5.09. The fraction of sp³-hybridized carbons (Fsp3) is 0.455. The van der Waals surface area contributed by atoms with E-state index in [4.69, 9.17) is 20.9 Å². The summed E-state index contributed by atoms with van der Waals surface area (Å²) >= 11 is 0. The third kappa shape index (κ3) is 15.1. The Morgan fingerprint density at radius 2 is 0.784 bits per heavy atom. The molecule has 4 aromatic rings. The average Bonchev–Trinajstić information content (AvgIpc) is 2.98. The van der Waals surface area contributed by atoms with Crippen molar-refractivity contribution < 1.29 is 52.4 Å². The van der Waals surface area contributed by atoms with Gasteiger partial charge in [-0.25, -0.2) is 0 Å². The van der Waals surface area contributed by atoms with Gasteiger partial charge in [0.05, 0.1) is 19.9 Å². The van der Waals surface area contributed by atoms with Crippen molar-refractivity contribution in [3.8, 4) is 23.0 Å². The zero-order valence-electron chi connectivity index (χ0n) is 34.2. The smallest absolute Gasteiger partial charge is 0.872 e. The predicted octanol–water partition coefficient (Wildman–Crippen LogP) is 11.0. The van der Waals surface area contributed by atoms with E-state index in [0.29, 0.717) is 17.1 Å². The molecule has 3 N–H and O–H groups in total. The Morgan fingerprint density at radius 1 is 0.510 bits per heavy atom. The van der Waals surface area contributed by atoms with Crippen LogP contribution in [-0.2, 0) is 54.4 Å². The molecule has 0 amide bonds. The van der Waals surface area contributed by atoms with E-state index < -0.39 is 0 Å². The van der Waals surface area contributed by atoms with E-state index in [1.165, 1.54) is 11.1 Å². The molecule has 0 unspecified atom stereocenters. The first kappa shape index (κ1) is 47.8. The summed E-state index contributed by atoms with van der Waals surface area (Å²) in [5, 5.41) is 24.8. The van der Waals surface area contributed by atoms with E-state index in [1.807, 2.05) is 54.6 Å². The van der Waals surface area contributed by atoms with Gasteiger partial charge in [-0.05, 0) is 76.0 Å². The number of nitrogens with one attached hydrogen (secondary N) is 1. The number of methoxy groups -OCH3 is 2. The van der Waals surface area contributed by atoms with Crippen LogP contribution in [0.3, 0.4) is 0 Å². The first-order chi connectivity index (χ1) is 22.7. The number of nitrogen functional groups attached to an aromatic ring is 1. The molecule has 0 spiro atoms. The van der Waals surface area contributed by atoms with Gasteiger partial charge in [0.25, 0.3) is 0 Å². The Kier molecular flexibility index (Phi) is 18.3. The maximum absolute atomic E-state index is 12.4. The Balaban J connectivity index is 0.000000671. The monoisotopic (exact) mass is 772 g/mol. The number of hydrogen-bond donors (Lipinski definition) is 1. The molecule has 0 aliphatic heterocycles. The summed E-state index contributed by atoms with van der Waals surface area (Å²) in [6.07, 6.45) is 0. The van der Waals surface area contributed by atoms with E-state index in [-0.39, 0.29) is 65.9 Å². The van der Waals surface area contributed by atoms with Crippen LogP contribution in [-0.4, -0.2) is 14.2 Å². The van der Waals surface area contributed by atoms with E-state index in [1.54, 1.807) is 32.4 Å². The summed E-state index contributed by atoms with van der Waals surface area (Å²) in [6.45, 7) is 29.2. The fourth-order valence-electron chi connectivity index (χ4n) is 5.09. The summed E-state index contributed by atoms with van der Waals surface area (Å²) in [6, 6.07) is 22.6. The second-order valence-electron chi connectivity index (χ2n) is 16.8. The molecule has 0 bridgehead atoms. The molecule has 4 aromatic carbocycles. The van der Waals surface area contributed by atoms with Gasteiger partial charge in [-0.2, -0.15) is 0 Å². The Labute approximate surface area is 335 Å². The van der Waals surface area contributed by atoms with Crippen LogP contribution in [0, 0.1) is 13.8 Å². The van der Waals surface area contributed by atoms with Crippen LogP contribution in [0.2, 0.25) is 0 Å². The van der Waals surface area contributed by atoms with Crippen LogP contribution >= 0.6 is 0 Å². The molecule has 0 saturated heterocycles. The van der Waals surface area contributed by atoms with Crippen molar-refractivity contribution in [2.24, 2.45) is 0 Å². The molecule has 6 nitrogen and oxygen atoms in total. The van der Waals surface area contributed by atoms with Crippen molar-refractivity contribution in [2.45, 2.75) is 119 Å². The first-order valence-electron chi connectivity index (χ1n) is 17.1. The minimum Gasteiger partial charge on any atom is -0.872 e. The summed E-state index contributed by atoms with van der Waals surface area (Å²) in [7, 11) is 3.17. The minimum atomic E-state index is -0.0803. The topological polar surface area (TPSA) is 114 Å². The van der Waals surface area contributed by atoms with Gasteiger partial charge in [0.15, 0.2) is 0 Å². The zero-order valence-corrected chi connectivity index (χ0v) is 37.1. The van der Waals surface area contributed by atoms with E-state index in [9.17, 15) is 10.2 Å². The predicted molar refractivity (Wildman–Crippen MR) is 210 cm³/mol. The summed E-state index contributed by atoms with van der Waals surface area (Å²) in [5.41, 5.74) is 19.6. The molecule has 0 atom stereocenters. The molecule has 276 valence electrons. The van der Waals surface area contributed by atoms with Crippen LogP contribution < -0.4 is 25.4 Å². The molecular formula is C44H63N2O4Y. The standard InChI is InChI=1S/2C15H24O.C7H9NO.C7H8NO.Y/c2*1-10-8-11(14(2,3)4)13(16)12(9-10)15(5,6)7;2*1-9-7-5-3-2-4-6(7)8;/h2*8-9,16H,1-7H3;2-5H,8H2,1H3;2-5,8H,1H3;/q;;;-1;+3/p-2. The molecule has 0 radical (unpaired) electrons. The largest absolute Gasteiger partial charge is 3.00 e. The van der Waals surface area contributed by atoms with Gasteiger partial charge in [0.1, 0.15) is 11.5 Å². The van der Waals surface area contributed by atoms with Crippen LogP contribution in [0.15, 0.2) is 72.8 Å². The SMILES string of the molecule is COc1ccccc1N.COc1ccccc1[NH-].Cc1cc(C(C)(C)C)c([O-])c(C(C)(C)C)c1.Cc1cc(C(C)(C)C)c([O-])c(C(C)(C)C)c1.[Y+3]. The number of benzene rings is 4. The normalized spacial score (nSPS) is 11.3. The zero-order chi connectivity index (χ0) is 38.8. The Hall–Kier alpha value is -3.22. The maximum Gasteiger partial charge on any atom is 3.00 e. The molecular weight excluding hydrogens is 709 g/mol. The summed E-state index contributed by atoms with van der Waals surface area (Å²) < 4.78 is 9.78. The van der Waals surface area contributed by atoms with Gasteiger partial charge in [-0.3, -0.25) is 0 Å². The molecule has 4 rings (SSSR count). The van der Waals surface area contributed by atoms with Crippen LogP contribution in [0.1, 0.15) is 116 Å². The maximum atomic E-state index is 12.4. The molecule has 0 fully saturated rings. The van der Waals surface area contributed by atoms with E-state index in [2.05, 4.69) is 96.9 Å². The van der Waals surface area contributed by atoms with E-state index >= 15 is 0 Å². The van der Waals surface area contributed by atoms with Crippen molar-refractivity contribution in [2.75, 3.05) is 20.0 Å². The number of para-hydroxylation sites is 3. The van der Waals surface area contributed by atoms with Crippen LogP contribution in [0.25, 0.3) is 5.73 Å². The molecule has 7 heteroatoms. The van der Waals surface area contributed by atoms with Gasteiger partial charge in [-0.15, -0.1) is 11.5 Å². The van der Waals surface area contributed by atoms with Crippen molar-refractivity contribution in [3.05, 3.63) is 112 Å². The van der Waals surface area contributed by atoms with Crippen molar-refractivity contribution in [3.63, 3.8) is 0 Å². The van der Waals surface area contributed by atoms with Crippen molar-refractivity contribution in [1.82, 2.24) is 0 Å². The molecule has 0 aromatic heterocycles. The number of rotatable bonds is 2. The molecule has 51 heavy (non-hydrogen) atoms. The van der Waals surface area contributed by atoms with E-state index in [0.717, 1.165) is 28.0 Å². The molecule has 0 heterocycles. The summed E-state index contributed by atoms with van der Waals surface area (Å²) in [4.78, 5) is 0. The Bertz CT molecular complexity index is 1480. The van der Waals surface area contributed by atoms with Gasteiger partial charge in [-0.1, -0.05) is 154 Å². The number of nitrogens with two attached hydrogens (primary N) is 1. The third-order valence-electron chi connectivity index (χ3n) is 7.94. The number of hydrogen-bond acceptors (Lipinski definition) is 5. The first-order valence-corrected chi connectivity index (χ1v) is 17.1. The second kappa shape index (κ2) is 19.6. The number of ether oxygens (including phenoxy) is 2. The molecule has 0 saturated carbocycles. The molecule has 0 aliphatic rings. The van der Waals surface area contributed by atoms with Crippen LogP contribution in [0.5, 0.6) is 23.0 Å². The van der Waals surface area contributed by atoms with Crippen molar-refractivity contribution in [1.29, 1.82) is 0 Å². The molecule has 0 aliphatic carbocycles. The summed E-state index contributed by atoms with van der Waals surface area (Å²) in [5.74, 6) is 1.78. The third-order valence-corrected chi connectivity index (χ3v) is 7.94. The van der Waals surface area contributed by atoms with Gasteiger partial charge < -0.3 is 31.2 Å². The Morgan fingerprint density at radius 3 is 1.00 bits per heavy atom. The number of anilines is 1. The minimum absolute atomic E-state index is 0. The van der Waals surface area contributed by atoms with Gasteiger partial charge in [0.2, 0.25) is 0 Å². The van der Waals surface area contributed by atoms with Crippen LogP contribution in [0.4, 0.5) is 11.4 Å². The quantitative estimate of drug-likeness (QED) is 0.204. The van der Waals surface area contributed by atoms with Gasteiger partial charge >= 0.3 is 32.7 Å².